The number of amides is 1. The van der Waals surface area contributed by atoms with Gasteiger partial charge in [-0.1, -0.05) is 12.2 Å². The van der Waals surface area contributed by atoms with Crippen LogP contribution in [0.1, 0.15) is 6.42 Å². The number of fused-ring (bicyclic) bond motifs is 5. The highest BCUT2D eigenvalue weighted by molar-refractivity contribution is 7.80. The fourth-order valence-corrected chi connectivity index (χ4v) is 3.14. The van der Waals surface area contributed by atoms with Gasteiger partial charge in [0.25, 0.3) is 0 Å². The van der Waals surface area contributed by atoms with Gasteiger partial charge in [-0.2, -0.15) is 0 Å². The molecule has 0 aromatic heterocycles. The van der Waals surface area contributed by atoms with Crippen molar-refractivity contribution in [2.75, 3.05) is 7.05 Å². The third-order valence-electron chi connectivity index (χ3n) is 3.67. The van der Waals surface area contributed by atoms with Crippen LogP contribution in [0.3, 0.4) is 0 Å². The molecule has 1 heterocycles. The minimum absolute atomic E-state index is 0.127. The average Bonchev–Trinajstić information content (AvgIpc) is 2.74. The third kappa shape index (κ3) is 0.869. The van der Waals surface area contributed by atoms with Crippen molar-refractivity contribution in [1.82, 2.24) is 10.2 Å². The molecule has 0 aromatic rings. The van der Waals surface area contributed by atoms with Crippen LogP contribution in [0.5, 0.6) is 0 Å². The highest BCUT2D eigenvalue weighted by Crippen LogP contribution is 2.45. The Bertz CT molecular complexity index is 352. The lowest BCUT2D eigenvalue weighted by Gasteiger charge is -2.38. The Balaban J connectivity index is 1.99. The zero-order valence-electron chi connectivity index (χ0n) is 7.93. The highest BCUT2D eigenvalue weighted by Gasteiger charge is 2.52. The van der Waals surface area contributed by atoms with Gasteiger partial charge in [-0.05, 0) is 30.5 Å². The maximum atomic E-state index is 12.0. The van der Waals surface area contributed by atoms with Crippen LogP contribution in [-0.2, 0) is 4.79 Å². The van der Waals surface area contributed by atoms with E-state index in [2.05, 4.69) is 17.5 Å². The normalized spacial score (nSPS) is 44.2. The summed E-state index contributed by atoms with van der Waals surface area (Å²) in [7, 11) is 1.75. The fourth-order valence-electron chi connectivity index (χ4n) is 2.92. The molecule has 2 aliphatic carbocycles. The number of nitrogens with one attached hydrogen (secondary N) is 1. The third-order valence-corrected chi connectivity index (χ3v) is 4.06. The van der Waals surface area contributed by atoms with Crippen molar-refractivity contribution in [2.45, 2.75) is 12.5 Å². The van der Waals surface area contributed by atoms with E-state index >= 15 is 0 Å². The van der Waals surface area contributed by atoms with Crippen LogP contribution in [0.4, 0.5) is 0 Å². The van der Waals surface area contributed by atoms with E-state index in [9.17, 15) is 4.79 Å². The van der Waals surface area contributed by atoms with Gasteiger partial charge in [0.1, 0.15) is 0 Å². The number of hydrogen-bond acceptors (Lipinski definition) is 2. The standard InChI is InChI=1S/C10H12N2OS/c1-12-9(13)7-5-2-3-6(4-5)8(7)11-10(12)14/h2-3,5-8H,4H2,1H3,(H,11,14)/t5-,6+,7+,8-/m0/s1. The predicted molar refractivity (Wildman–Crippen MR) is 56.5 cm³/mol. The number of rotatable bonds is 0. The first-order chi connectivity index (χ1) is 6.68. The lowest BCUT2D eigenvalue weighted by atomic mass is 9.86. The van der Waals surface area contributed by atoms with Crippen LogP contribution >= 0.6 is 12.2 Å². The number of carbonyl (C=O) groups is 1. The summed E-state index contributed by atoms with van der Waals surface area (Å²) in [5.74, 6) is 1.27. The minimum atomic E-state index is 0.127. The SMILES string of the molecule is CN1C(=O)[C@H]2[C@@H](NC1=S)[C@@H]1C=C[C@H]2C1. The van der Waals surface area contributed by atoms with Gasteiger partial charge in [-0.3, -0.25) is 9.69 Å². The first kappa shape index (κ1) is 8.41. The van der Waals surface area contributed by atoms with E-state index in [1.807, 2.05) is 0 Å². The Morgan fingerprint density at radius 1 is 1.50 bits per heavy atom. The molecule has 1 amide bonds. The minimum Gasteiger partial charge on any atom is -0.358 e. The molecule has 1 saturated carbocycles. The summed E-state index contributed by atoms with van der Waals surface area (Å²) in [5, 5.41) is 3.86. The largest absolute Gasteiger partial charge is 0.358 e. The van der Waals surface area contributed by atoms with Gasteiger partial charge in [0, 0.05) is 13.1 Å². The molecular formula is C10H12N2OS. The number of carbonyl (C=O) groups excluding carboxylic acids is 1. The Labute approximate surface area is 88.1 Å². The summed E-state index contributed by atoms with van der Waals surface area (Å²) >= 11 is 5.12. The molecule has 3 rings (SSSR count). The number of allylic oxidation sites excluding steroid dienone is 1. The summed E-state index contributed by atoms with van der Waals surface area (Å²) in [6.45, 7) is 0. The lowest BCUT2D eigenvalue weighted by molar-refractivity contribution is -0.133. The van der Waals surface area contributed by atoms with Crippen molar-refractivity contribution in [3.63, 3.8) is 0 Å². The van der Waals surface area contributed by atoms with E-state index < -0.39 is 0 Å². The van der Waals surface area contributed by atoms with Crippen LogP contribution in [-0.4, -0.2) is 29.0 Å². The van der Waals surface area contributed by atoms with E-state index in [0.717, 1.165) is 6.42 Å². The second-order valence-electron chi connectivity index (χ2n) is 4.35. The Morgan fingerprint density at radius 2 is 2.21 bits per heavy atom. The number of thiocarbonyl (C=S) groups is 1. The van der Waals surface area contributed by atoms with Crippen molar-refractivity contribution in [3.05, 3.63) is 12.2 Å². The van der Waals surface area contributed by atoms with Gasteiger partial charge in [0.05, 0.1) is 5.92 Å². The molecular weight excluding hydrogens is 196 g/mol. The molecule has 4 atom stereocenters. The van der Waals surface area contributed by atoms with Gasteiger partial charge < -0.3 is 5.32 Å². The van der Waals surface area contributed by atoms with Crippen molar-refractivity contribution in [1.29, 1.82) is 0 Å². The van der Waals surface area contributed by atoms with Crippen LogP contribution in [0.2, 0.25) is 0 Å². The highest BCUT2D eigenvalue weighted by atomic mass is 32.1. The van der Waals surface area contributed by atoms with Crippen molar-refractivity contribution >= 4 is 23.2 Å². The van der Waals surface area contributed by atoms with E-state index in [-0.39, 0.29) is 17.9 Å². The van der Waals surface area contributed by atoms with Crippen LogP contribution < -0.4 is 5.32 Å². The molecule has 2 bridgehead atoms. The molecule has 2 fully saturated rings. The summed E-state index contributed by atoms with van der Waals surface area (Å²) in [6, 6.07) is 0.265. The number of nitrogens with zero attached hydrogens (tertiary/aromatic N) is 1. The van der Waals surface area contributed by atoms with E-state index in [1.165, 1.54) is 0 Å². The van der Waals surface area contributed by atoms with Crippen molar-refractivity contribution in [3.8, 4) is 0 Å². The molecule has 0 unspecified atom stereocenters. The lowest BCUT2D eigenvalue weighted by Crippen LogP contribution is -2.59. The number of hydrogen-bond donors (Lipinski definition) is 1. The monoisotopic (exact) mass is 208 g/mol. The molecule has 3 aliphatic rings. The average molecular weight is 208 g/mol. The predicted octanol–water partition coefficient (Wildman–Crippen LogP) is 0.524. The second kappa shape index (κ2) is 2.57. The molecule has 0 spiro atoms. The van der Waals surface area contributed by atoms with Gasteiger partial charge in [-0.25, -0.2) is 0 Å². The molecule has 4 heteroatoms. The van der Waals surface area contributed by atoms with E-state index in [4.69, 9.17) is 12.2 Å². The van der Waals surface area contributed by atoms with Crippen LogP contribution in [0, 0.1) is 17.8 Å². The molecule has 1 aliphatic heterocycles. The maximum absolute atomic E-state index is 12.0. The van der Waals surface area contributed by atoms with Gasteiger partial charge >= 0.3 is 0 Å². The Morgan fingerprint density at radius 3 is 3.00 bits per heavy atom. The van der Waals surface area contributed by atoms with E-state index in [0.29, 0.717) is 16.9 Å². The molecule has 74 valence electrons. The quantitative estimate of drug-likeness (QED) is 0.465. The van der Waals surface area contributed by atoms with Crippen molar-refractivity contribution in [2.24, 2.45) is 17.8 Å². The first-order valence-electron chi connectivity index (χ1n) is 4.95. The smallest absolute Gasteiger partial charge is 0.234 e. The second-order valence-corrected chi connectivity index (χ2v) is 4.73. The Kier molecular flexibility index (Phi) is 1.54. The Hall–Kier alpha value is -0.900. The molecule has 3 nitrogen and oxygen atoms in total. The molecule has 0 aromatic carbocycles. The van der Waals surface area contributed by atoms with Gasteiger partial charge in [-0.15, -0.1) is 0 Å². The van der Waals surface area contributed by atoms with Gasteiger partial charge in [0.15, 0.2) is 5.11 Å². The zero-order valence-corrected chi connectivity index (χ0v) is 8.75. The summed E-state index contributed by atoms with van der Waals surface area (Å²) in [6.07, 6.45) is 5.53. The molecule has 1 N–H and O–H groups in total. The summed E-state index contributed by atoms with van der Waals surface area (Å²) < 4.78 is 0. The fraction of sp³-hybridized carbons (Fsp3) is 0.600. The van der Waals surface area contributed by atoms with Gasteiger partial charge in [0.2, 0.25) is 5.91 Å². The topological polar surface area (TPSA) is 32.3 Å². The first-order valence-corrected chi connectivity index (χ1v) is 5.35. The summed E-state index contributed by atoms with van der Waals surface area (Å²) in [5.41, 5.74) is 0. The molecule has 1 saturated heterocycles. The maximum Gasteiger partial charge on any atom is 0.234 e. The van der Waals surface area contributed by atoms with Crippen LogP contribution in [0.25, 0.3) is 0 Å². The van der Waals surface area contributed by atoms with E-state index in [1.54, 1.807) is 11.9 Å². The van der Waals surface area contributed by atoms with Crippen LogP contribution in [0.15, 0.2) is 12.2 Å². The van der Waals surface area contributed by atoms with Crippen molar-refractivity contribution < 1.29 is 4.79 Å². The molecule has 14 heavy (non-hydrogen) atoms. The zero-order chi connectivity index (χ0) is 9.87. The molecule has 0 radical (unpaired) electrons. The summed E-state index contributed by atoms with van der Waals surface area (Å²) in [4.78, 5) is 13.5.